The summed E-state index contributed by atoms with van der Waals surface area (Å²) in [5.41, 5.74) is 4.67. The van der Waals surface area contributed by atoms with Crippen LogP contribution >= 0.6 is 11.6 Å². The van der Waals surface area contributed by atoms with Gasteiger partial charge in [-0.2, -0.15) is 0 Å². The van der Waals surface area contributed by atoms with Gasteiger partial charge in [0.25, 0.3) is 0 Å². The number of aliphatic hydroxyl groups excluding tert-OH is 2. The van der Waals surface area contributed by atoms with Gasteiger partial charge in [-0.3, -0.25) is 0 Å². The molecule has 0 saturated carbocycles. The second-order valence-electron chi connectivity index (χ2n) is 6.96. The number of fused-ring (bicyclic) bond motifs is 1. The van der Waals surface area contributed by atoms with E-state index in [1.165, 1.54) is 30.0 Å². The van der Waals surface area contributed by atoms with Gasteiger partial charge in [-0.05, 0) is 30.7 Å². The molecule has 5 N–H and O–H groups in total. The molecule has 28 heavy (non-hydrogen) atoms. The van der Waals surface area contributed by atoms with Crippen LogP contribution in [0.4, 0.5) is 10.2 Å². The van der Waals surface area contributed by atoms with Crippen LogP contribution in [-0.2, 0) is 4.74 Å². The van der Waals surface area contributed by atoms with Crippen molar-refractivity contribution < 1.29 is 24.4 Å². The molecule has 1 aliphatic rings. The SMILES string of the molecule is C[C@@]1(O)[C@@H]([C@H](O)c2ccc(F)c(Cl)c2)O[C@@H](n2ccc3c(N)ncnc32)[C@@H]1O. The Morgan fingerprint density at radius 2 is 2.11 bits per heavy atom. The van der Waals surface area contributed by atoms with Gasteiger partial charge in [0.1, 0.15) is 47.5 Å². The second-order valence-corrected chi connectivity index (χ2v) is 7.36. The van der Waals surface area contributed by atoms with E-state index in [4.69, 9.17) is 22.1 Å². The number of nitrogens with zero attached hydrogens (tertiary/aromatic N) is 3. The quantitative estimate of drug-likeness (QED) is 0.517. The molecular weight excluding hydrogens is 391 g/mol. The molecule has 0 bridgehead atoms. The van der Waals surface area contributed by atoms with Crippen LogP contribution in [0.1, 0.15) is 24.8 Å². The first-order chi connectivity index (χ1) is 13.2. The Morgan fingerprint density at radius 1 is 1.36 bits per heavy atom. The number of anilines is 1. The third-order valence-corrected chi connectivity index (χ3v) is 5.41. The molecule has 5 atom stereocenters. The topological polar surface area (TPSA) is 127 Å². The standard InChI is InChI=1S/C18H18ClFN4O4/c1-18(27)13(26)17(24-5-4-9-15(21)22-7-23-16(9)24)28-14(18)12(25)8-2-3-11(20)10(19)6-8/h2-7,12-14,17,25-27H,1H3,(H2,21,22,23)/t12-,13+,14-,17-,18+/m1/s1. The summed E-state index contributed by atoms with van der Waals surface area (Å²) in [5, 5.41) is 32.7. The van der Waals surface area contributed by atoms with E-state index in [0.717, 1.165) is 6.07 Å². The number of nitrogens with two attached hydrogens (primary N) is 1. The van der Waals surface area contributed by atoms with E-state index in [0.29, 0.717) is 11.0 Å². The van der Waals surface area contributed by atoms with Crippen LogP contribution in [0.25, 0.3) is 11.0 Å². The van der Waals surface area contributed by atoms with E-state index in [2.05, 4.69) is 9.97 Å². The Morgan fingerprint density at radius 3 is 2.82 bits per heavy atom. The van der Waals surface area contributed by atoms with E-state index in [1.54, 1.807) is 12.3 Å². The third-order valence-electron chi connectivity index (χ3n) is 5.12. The van der Waals surface area contributed by atoms with E-state index < -0.39 is 36.0 Å². The van der Waals surface area contributed by atoms with Crippen LogP contribution in [0, 0.1) is 5.82 Å². The van der Waals surface area contributed by atoms with Gasteiger partial charge >= 0.3 is 0 Å². The molecule has 1 fully saturated rings. The van der Waals surface area contributed by atoms with Gasteiger partial charge in [-0.15, -0.1) is 0 Å². The first kappa shape index (κ1) is 19.0. The smallest absolute Gasteiger partial charge is 0.164 e. The highest BCUT2D eigenvalue weighted by Crippen LogP contribution is 2.43. The van der Waals surface area contributed by atoms with Crippen LogP contribution in [0.5, 0.6) is 0 Å². The van der Waals surface area contributed by atoms with E-state index in [1.807, 2.05) is 0 Å². The number of nitrogen functional groups attached to an aromatic ring is 1. The lowest BCUT2D eigenvalue weighted by atomic mass is 9.88. The molecule has 148 valence electrons. The summed E-state index contributed by atoms with van der Waals surface area (Å²) in [7, 11) is 0. The molecule has 0 spiro atoms. The zero-order valence-corrected chi connectivity index (χ0v) is 15.5. The molecule has 3 aromatic rings. The Labute approximate surface area is 164 Å². The summed E-state index contributed by atoms with van der Waals surface area (Å²) >= 11 is 5.79. The van der Waals surface area contributed by atoms with E-state index in [-0.39, 0.29) is 16.4 Å². The van der Waals surface area contributed by atoms with Gasteiger partial charge in [0, 0.05) is 6.20 Å². The van der Waals surface area contributed by atoms with Crippen LogP contribution in [-0.4, -0.2) is 47.7 Å². The highest BCUT2D eigenvalue weighted by atomic mass is 35.5. The summed E-state index contributed by atoms with van der Waals surface area (Å²) in [6, 6.07) is 5.36. The van der Waals surface area contributed by atoms with Gasteiger partial charge in [0.05, 0.1) is 10.4 Å². The van der Waals surface area contributed by atoms with E-state index >= 15 is 0 Å². The molecule has 0 aliphatic carbocycles. The van der Waals surface area contributed by atoms with Crippen LogP contribution in [0.15, 0.2) is 36.8 Å². The number of hydrogen-bond acceptors (Lipinski definition) is 7. The maximum atomic E-state index is 13.4. The Balaban J connectivity index is 1.71. The van der Waals surface area contributed by atoms with Crippen molar-refractivity contribution >= 4 is 28.5 Å². The lowest BCUT2D eigenvalue weighted by Crippen LogP contribution is -2.47. The number of aliphatic hydroxyl groups is 3. The van der Waals surface area contributed by atoms with Crippen molar-refractivity contribution in [1.29, 1.82) is 0 Å². The summed E-state index contributed by atoms with van der Waals surface area (Å²) < 4.78 is 20.8. The highest BCUT2D eigenvalue weighted by molar-refractivity contribution is 6.30. The summed E-state index contributed by atoms with van der Waals surface area (Å²) in [5.74, 6) is -0.369. The number of benzene rings is 1. The monoisotopic (exact) mass is 408 g/mol. The molecule has 4 rings (SSSR count). The zero-order chi connectivity index (χ0) is 20.2. The molecule has 1 saturated heterocycles. The average Bonchev–Trinajstić information content (AvgIpc) is 3.17. The number of rotatable bonds is 3. The maximum Gasteiger partial charge on any atom is 0.164 e. The van der Waals surface area contributed by atoms with Gasteiger partial charge in [-0.25, -0.2) is 14.4 Å². The first-order valence-electron chi connectivity index (χ1n) is 8.47. The molecule has 2 aromatic heterocycles. The molecule has 10 heteroatoms. The molecule has 0 unspecified atom stereocenters. The van der Waals surface area contributed by atoms with Gasteiger partial charge in [-0.1, -0.05) is 17.7 Å². The Kier molecular flexibility index (Phi) is 4.52. The number of halogens is 2. The van der Waals surface area contributed by atoms with Crippen molar-refractivity contribution in [2.45, 2.75) is 37.1 Å². The minimum absolute atomic E-state index is 0.171. The largest absolute Gasteiger partial charge is 0.386 e. The fourth-order valence-corrected chi connectivity index (χ4v) is 3.69. The van der Waals surface area contributed by atoms with Gasteiger partial charge in [0.2, 0.25) is 0 Å². The van der Waals surface area contributed by atoms with Crippen molar-refractivity contribution in [2.24, 2.45) is 0 Å². The normalized spacial score (nSPS) is 28.7. The lowest BCUT2D eigenvalue weighted by Gasteiger charge is -2.29. The van der Waals surface area contributed by atoms with Crippen molar-refractivity contribution in [2.75, 3.05) is 5.73 Å². The number of hydrogen-bond donors (Lipinski definition) is 4. The van der Waals surface area contributed by atoms with Crippen molar-refractivity contribution in [3.63, 3.8) is 0 Å². The number of aromatic nitrogens is 3. The predicted molar refractivity (Wildman–Crippen MR) is 98.9 cm³/mol. The molecule has 0 radical (unpaired) electrons. The van der Waals surface area contributed by atoms with Crippen molar-refractivity contribution in [3.8, 4) is 0 Å². The molecule has 1 aromatic carbocycles. The summed E-state index contributed by atoms with van der Waals surface area (Å²) in [4.78, 5) is 8.07. The van der Waals surface area contributed by atoms with Crippen LogP contribution in [0.3, 0.4) is 0 Å². The second kappa shape index (κ2) is 6.64. The Bertz CT molecular complexity index is 1040. The average molecular weight is 409 g/mol. The van der Waals surface area contributed by atoms with Crippen LogP contribution < -0.4 is 5.73 Å². The highest BCUT2D eigenvalue weighted by Gasteiger charge is 2.55. The summed E-state index contributed by atoms with van der Waals surface area (Å²) in [6.07, 6.45) is -2.14. The van der Waals surface area contributed by atoms with Gasteiger partial charge in [0.15, 0.2) is 6.23 Å². The molecule has 0 amide bonds. The molecule has 3 heterocycles. The first-order valence-corrected chi connectivity index (χ1v) is 8.85. The van der Waals surface area contributed by atoms with E-state index in [9.17, 15) is 19.7 Å². The van der Waals surface area contributed by atoms with Crippen molar-refractivity contribution in [1.82, 2.24) is 14.5 Å². The molecular formula is C18H18ClFN4O4. The molecule has 8 nitrogen and oxygen atoms in total. The van der Waals surface area contributed by atoms with Gasteiger partial charge < -0.3 is 30.4 Å². The van der Waals surface area contributed by atoms with Crippen molar-refractivity contribution in [3.05, 3.63) is 53.2 Å². The summed E-state index contributed by atoms with van der Waals surface area (Å²) in [6.45, 7) is 1.35. The minimum Gasteiger partial charge on any atom is -0.386 e. The third kappa shape index (κ3) is 2.83. The van der Waals surface area contributed by atoms with Crippen LogP contribution in [0.2, 0.25) is 5.02 Å². The zero-order valence-electron chi connectivity index (χ0n) is 14.7. The number of ether oxygens (including phenoxy) is 1. The fraction of sp³-hybridized carbons (Fsp3) is 0.333. The molecule has 1 aliphatic heterocycles. The lowest BCUT2D eigenvalue weighted by molar-refractivity contribution is -0.115. The maximum absolute atomic E-state index is 13.4. The minimum atomic E-state index is -1.82. The predicted octanol–water partition coefficient (Wildman–Crippen LogP) is 1.55. The fourth-order valence-electron chi connectivity index (χ4n) is 3.50. The Hall–Kier alpha value is -2.30.